The lowest BCUT2D eigenvalue weighted by molar-refractivity contribution is -0.139. The van der Waals surface area contributed by atoms with Crippen molar-refractivity contribution in [3.63, 3.8) is 0 Å². The third kappa shape index (κ3) is 5.56. The quantitative estimate of drug-likeness (QED) is 0.712. The Kier molecular flexibility index (Phi) is 6.25. The first-order valence-corrected chi connectivity index (χ1v) is 7.70. The molecule has 0 bridgehead atoms. The molecule has 0 unspecified atom stereocenters. The lowest BCUT2D eigenvalue weighted by atomic mass is 10.2. The van der Waals surface area contributed by atoms with Gasteiger partial charge in [0.05, 0.1) is 6.10 Å². The molecule has 1 aromatic rings. The third-order valence-corrected chi connectivity index (χ3v) is 3.57. The Labute approximate surface area is 138 Å². The molecule has 1 heterocycles. The van der Waals surface area contributed by atoms with Gasteiger partial charge in [-0.1, -0.05) is 6.08 Å². The Balaban J connectivity index is 1.96. The van der Waals surface area contributed by atoms with Gasteiger partial charge in [0.25, 0.3) is 5.91 Å². The van der Waals surface area contributed by atoms with Gasteiger partial charge in [-0.05, 0) is 37.1 Å². The number of rotatable bonds is 7. The van der Waals surface area contributed by atoms with Crippen LogP contribution in [0.3, 0.4) is 0 Å². The molecular weight excluding hydrogens is 323 g/mol. The van der Waals surface area contributed by atoms with Gasteiger partial charge in [-0.15, -0.1) is 6.58 Å². The minimum atomic E-state index is -4.46. The fourth-order valence-corrected chi connectivity index (χ4v) is 2.43. The van der Waals surface area contributed by atoms with Gasteiger partial charge in [0.15, 0.2) is 0 Å². The Bertz CT molecular complexity index is 551. The Hall–Kier alpha value is -2.02. The summed E-state index contributed by atoms with van der Waals surface area (Å²) in [5.41, 5.74) is 0.172. The summed E-state index contributed by atoms with van der Waals surface area (Å²) < 4.78 is 48.7. The van der Waals surface area contributed by atoms with Gasteiger partial charge in [0, 0.05) is 18.7 Å². The Morgan fingerprint density at radius 2 is 2.08 bits per heavy atom. The van der Waals surface area contributed by atoms with Crippen molar-refractivity contribution >= 4 is 5.91 Å². The molecule has 4 nitrogen and oxygen atoms in total. The van der Waals surface area contributed by atoms with E-state index in [1.165, 1.54) is 18.2 Å². The molecule has 0 saturated carbocycles. The minimum absolute atomic E-state index is 0.0705. The summed E-state index contributed by atoms with van der Waals surface area (Å²) in [7, 11) is 0. The highest BCUT2D eigenvalue weighted by Crippen LogP contribution is 2.20. The molecule has 0 spiro atoms. The molecule has 1 atom stereocenters. The summed E-state index contributed by atoms with van der Waals surface area (Å²) >= 11 is 0. The predicted molar refractivity (Wildman–Crippen MR) is 83.1 cm³/mol. The monoisotopic (exact) mass is 343 g/mol. The maximum atomic E-state index is 12.6. The molecule has 7 heteroatoms. The largest absolute Gasteiger partial charge is 0.491 e. The molecule has 0 aliphatic carbocycles. The number of hydrogen-bond donors (Lipinski definition) is 0. The van der Waals surface area contributed by atoms with Crippen LogP contribution in [0.1, 0.15) is 23.2 Å². The third-order valence-electron chi connectivity index (χ3n) is 3.57. The van der Waals surface area contributed by atoms with Gasteiger partial charge in [0.1, 0.15) is 18.9 Å². The second-order valence-corrected chi connectivity index (χ2v) is 5.56. The number of carbonyl (C=O) groups excluding carboxylic acids is 1. The number of amides is 1. The Morgan fingerprint density at radius 3 is 2.62 bits per heavy atom. The zero-order valence-corrected chi connectivity index (χ0v) is 13.2. The molecule has 1 aliphatic heterocycles. The van der Waals surface area contributed by atoms with Crippen molar-refractivity contribution in [2.75, 3.05) is 26.3 Å². The highest BCUT2D eigenvalue weighted by Gasteiger charge is 2.32. The van der Waals surface area contributed by atoms with E-state index in [-0.39, 0.29) is 18.2 Å². The van der Waals surface area contributed by atoms with E-state index in [1.54, 1.807) is 12.1 Å². The van der Waals surface area contributed by atoms with Crippen molar-refractivity contribution in [3.05, 3.63) is 42.5 Å². The molecule has 0 N–H and O–H groups in total. The number of benzene rings is 1. The van der Waals surface area contributed by atoms with Crippen molar-refractivity contribution in [2.24, 2.45) is 0 Å². The maximum absolute atomic E-state index is 12.6. The summed E-state index contributed by atoms with van der Waals surface area (Å²) in [6.07, 6.45) is -1.16. The molecule has 24 heavy (non-hydrogen) atoms. The van der Waals surface area contributed by atoms with Crippen LogP contribution < -0.4 is 4.74 Å². The summed E-state index contributed by atoms with van der Waals surface area (Å²) in [5.74, 6) is -0.147. The molecule has 2 rings (SSSR count). The van der Waals surface area contributed by atoms with Crippen LogP contribution in [-0.4, -0.2) is 49.4 Å². The molecule has 132 valence electrons. The van der Waals surface area contributed by atoms with Gasteiger partial charge < -0.3 is 14.4 Å². The average molecular weight is 343 g/mol. The normalized spacial score (nSPS) is 17.5. The van der Waals surface area contributed by atoms with Crippen molar-refractivity contribution < 1.29 is 27.4 Å². The highest BCUT2D eigenvalue weighted by molar-refractivity contribution is 5.94. The number of nitrogens with zero attached hydrogens (tertiary/aromatic N) is 1. The van der Waals surface area contributed by atoms with Crippen LogP contribution in [0.15, 0.2) is 36.9 Å². The standard InChI is InChI=1S/C17H20F3NO3/c1-2-9-21(12-17(18,19)20)16(22)13-5-7-14(8-6-13)24-11-15-4-3-10-23-15/h2,5-8,15H,1,3-4,9-12H2/t15-/m1/s1. The van der Waals surface area contributed by atoms with Gasteiger partial charge in [-0.3, -0.25) is 4.79 Å². The van der Waals surface area contributed by atoms with Crippen molar-refractivity contribution in [2.45, 2.75) is 25.1 Å². The van der Waals surface area contributed by atoms with Crippen molar-refractivity contribution in [3.8, 4) is 5.75 Å². The summed E-state index contributed by atoms with van der Waals surface area (Å²) in [6, 6.07) is 6.06. The first-order chi connectivity index (χ1) is 11.4. The lowest BCUT2D eigenvalue weighted by Gasteiger charge is -2.22. The molecule has 1 fully saturated rings. The van der Waals surface area contributed by atoms with E-state index in [9.17, 15) is 18.0 Å². The first-order valence-electron chi connectivity index (χ1n) is 7.70. The second-order valence-electron chi connectivity index (χ2n) is 5.56. The van der Waals surface area contributed by atoms with Gasteiger partial charge in [-0.2, -0.15) is 13.2 Å². The van der Waals surface area contributed by atoms with E-state index in [2.05, 4.69) is 6.58 Å². The van der Waals surface area contributed by atoms with Crippen LogP contribution in [-0.2, 0) is 4.74 Å². The predicted octanol–water partition coefficient (Wildman–Crippen LogP) is 3.43. The van der Waals surface area contributed by atoms with Gasteiger partial charge >= 0.3 is 6.18 Å². The highest BCUT2D eigenvalue weighted by atomic mass is 19.4. The zero-order valence-electron chi connectivity index (χ0n) is 13.2. The number of alkyl halides is 3. The van der Waals surface area contributed by atoms with E-state index in [0.717, 1.165) is 19.4 Å². The van der Waals surface area contributed by atoms with Crippen LogP contribution in [0.2, 0.25) is 0 Å². The van der Waals surface area contributed by atoms with Gasteiger partial charge in [0.2, 0.25) is 0 Å². The number of halogens is 3. The molecule has 1 aliphatic rings. The molecule has 0 radical (unpaired) electrons. The van der Waals surface area contributed by atoms with Crippen LogP contribution in [0, 0.1) is 0 Å². The smallest absolute Gasteiger partial charge is 0.406 e. The summed E-state index contributed by atoms with van der Waals surface area (Å²) in [4.78, 5) is 12.9. The maximum Gasteiger partial charge on any atom is 0.406 e. The van der Waals surface area contributed by atoms with E-state index in [0.29, 0.717) is 17.3 Å². The number of carbonyl (C=O) groups is 1. The second kappa shape index (κ2) is 8.19. The average Bonchev–Trinajstić information content (AvgIpc) is 3.04. The van der Waals surface area contributed by atoms with Crippen LogP contribution in [0.25, 0.3) is 0 Å². The van der Waals surface area contributed by atoms with Crippen LogP contribution in [0.4, 0.5) is 13.2 Å². The van der Waals surface area contributed by atoms with Gasteiger partial charge in [-0.25, -0.2) is 0 Å². The molecule has 1 saturated heterocycles. The zero-order chi connectivity index (χ0) is 17.6. The molecule has 0 aromatic heterocycles. The fourth-order valence-electron chi connectivity index (χ4n) is 2.43. The van der Waals surface area contributed by atoms with E-state index >= 15 is 0 Å². The minimum Gasteiger partial charge on any atom is -0.491 e. The van der Waals surface area contributed by atoms with E-state index < -0.39 is 18.6 Å². The molecule has 1 aromatic carbocycles. The number of ether oxygens (including phenoxy) is 2. The first kappa shape index (κ1) is 18.3. The summed E-state index contributed by atoms with van der Waals surface area (Å²) in [5, 5.41) is 0. The lowest BCUT2D eigenvalue weighted by Crippen LogP contribution is -2.39. The Morgan fingerprint density at radius 1 is 1.38 bits per heavy atom. The SMILES string of the molecule is C=CCN(CC(F)(F)F)C(=O)c1ccc(OC[C@H]2CCCO2)cc1. The van der Waals surface area contributed by atoms with Crippen LogP contribution >= 0.6 is 0 Å². The topological polar surface area (TPSA) is 38.8 Å². The van der Waals surface area contributed by atoms with Crippen LogP contribution in [0.5, 0.6) is 5.75 Å². The summed E-state index contributed by atoms with van der Waals surface area (Å²) in [6.45, 7) is 3.06. The molecular formula is C17H20F3NO3. The molecule has 1 amide bonds. The van der Waals surface area contributed by atoms with Crippen molar-refractivity contribution in [1.82, 2.24) is 4.90 Å². The van der Waals surface area contributed by atoms with E-state index in [4.69, 9.17) is 9.47 Å². The fraction of sp³-hybridized carbons (Fsp3) is 0.471. The van der Waals surface area contributed by atoms with E-state index in [1.807, 2.05) is 0 Å². The number of hydrogen-bond acceptors (Lipinski definition) is 3. The van der Waals surface area contributed by atoms with Crippen molar-refractivity contribution in [1.29, 1.82) is 0 Å².